The summed E-state index contributed by atoms with van der Waals surface area (Å²) < 4.78 is 5.59. The molecule has 0 aromatic carbocycles. The van der Waals surface area contributed by atoms with Crippen LogP contribution in [-0.2, 0) is 0 Å². The van der Waals surface area contributed by atoms with Gasteiger partial charge in [0.05, 0.1) is 12.3 Å². The van der Waals surface area contributed by atoms with Crippen LogP contribution in [0.1, 0.15) is 45.4 Å². The van der Waals surface area contributed by atoms with E-state index in [2.05, 4.69) is 31.7 Å². The van der Waals surface area contributed by atoms with E-state index in [1.165, 1.54) is 6.42 Å². The Morgan fingerprint density at radius 1 is 1.53 bits per heavy atom. The van der Waals surface area contributed by atoms with E-state index in [0.29, 0.717) is 6.04 Å². The molecule has 96 valence electrons. The Balaban J connectivity index is 2.22. The van der Waals surface area contributed by atoms with Gasteiger partial charge in [-0.2, -0.15) is 0 Å². The Kier molecular flexibility index (Phi) is 3.89. The van der Waals surface area contributed by atoms with Crippen molar-refractivity contribution in [2.75, 3.05) is 6.54 Å². The Labute approximate surface area is 104 Å². The third-order valence-electron chi connectivity index (χ3n) is 3.90. The smallest absolute Gasteiger partial charge is 0.122 e. The Hall–Kier alpha value is -0.800. The van der Waals surface area contributed by atoms with Gasteiger partial charge in [0.25, 0.3) is 0 Å². The van der Waals surface area contributed by atoms with Gasteiger partial charge in [-0.1, -0.05) is 13.8 Å². The number of nitrogens with zero attached hydrogens (tertiary/aromatic N) is 1. The molecule has 1 aliphatic heterocycles. The SMILES string of the molecule is CCC(N)C(c1ccco1)N1CC(C)CC1C. The largest absolute Gasteiger partial charge is 0.468 e. The highest BCUT2D eigenvalue weighted by atomic mass is 16.3. The first-order valence-electron chi connectivity index (χ1n) is 6.68. The normalized spacial score (nSPS) is 29.4. The van der Waals surface area contributed by atoms with Crippen molar-refractivity contribution >= 4 is 0 Å². The Morgan fingerprint density at radius 2 is 2.29 bits per heavy atom. The fraction of sp³-hybridized carbons (Fsp3) is 0.714. The molecule has 1 aromatic heterocycles. The Bertz CT molecular complexity index is 336. The fourth-order valence-electron chi connectivity index (χ4n) is 3.02. The number of furan rings is 1. The van der Waals surface area contributed by atoms with Gasteiger partial charge in [-0.3, -0.25) is 4.90 Å². The summed E-state index contributed by atoms with van der Waals surface area (Å²) in [4.78, 5) is 2.51. The van der Waals surface area contributed by atoms with Crippen LogP contribution < -0.4 is 5.73 Å². The van der Waals surface area contributed by atoms with Crippen molar-refractivity contribution in [1.29, 1.82) is 0 Å². The summed E-state index contributed by atoms with van der Waals surface area (Å²) in [7, 11) is 0. The molecular formula is C14H24N2O. The fourth-order valence-corrected chi connectivity index (χ4v) is 3.02. The molecule has 17 heavy (non-hydrogen) atoms. The molecule has 1 aliphatic rings. The lowest BCUT2D eigenvalue weighted by Gasteiger charge is -2.33. The van der Waals surface area contributed by atoms with Crippen LogP contribution in [0.4, 0.5) is 0 Å². The summed E-state index contributed by atoms with van der Waals surface area (Å²) in [5, 5.41) is 0. The van der Waals surface area contributed by atoms with E-state index in [9.17, 15) is 0 Å². The first-order chi connectivity index (χ1) is 8.13. The number of nitrogens with two attached hydrogens (primary N) is 1. The topological polar surface area (TPSA) is 42.4 Å². The molecule has 0 amide bonds. The molecule has 1 fully saturated rings. The molecule has 2 rings (SSSR count). The standard InChI is InChI=1S/C14H24N2O/c1-4-12(15)14(13-6-5-7-17-13)16-9-10(2)8-11(16)3/h5-7,10-12,14H,4,8-9,15H2,1-3H3. The van der Waals surface area contributed by atoms with E-state index in [1.54, 1.807) is 6.26 Å². The van der Waals surface area contributed by atoms with Crippen LogP contribution in [-0.4, -0.2) is 23.5 Å². The summed E-state index contributed by atoms with van der Waals surface area (Å²) >= 11 is 0. The van der Waals surface area contributed by atoms with Gasteiger partial charge in [-0.15, -0.1) is 0 Å². The van der Waals surface area contributed by atoms with Gasteiger partial charge in [0, 0.05) is 18.6 Å². The van der Waals surface area contributed by atoms with Crippen molar-refractivity contribution in [3.63, 3.8) is 0 Å². The van der Waals surface area contributed by atoms with Crippen LogP contribution in [0.3, 0.4) is 0 Å². The average Bonchev–Trinajstić information content (AvgIpc) is 2.90. The average molecular weight is 236 g/mol. The summed E-state index contributed by atoms with van der Waals surface area (Å²) in [5.74, 6) is 1.77. The number of hydrogen-bond acceptors (Lipinski definition) is 3. The third kappa shape index (κ3) is 2.55. The molecule has 0 bridgehead atoms. The zero-order chi connectivity index (χ0) is 12.4. The summed E-state index contributed by atoms with van der Waals surface area (Å²) in [6.45, 7) is 7.87. The molecule has 4 unspecified atom stereocenters. The van der Waals surface area contributed by atoms with Crippen LogP contribution in [0.2, 0.25) is 0 Å². The Morgan fingerprint density at radius 3 is 2.76 bits per heavy atom. The maximum absolute atomic E-state index is 6.29. The third-order valence-corrected chi connectivity index (χ3v) is 3.90. The molecule has 1 saturated heterocycles. The van der Waals surface area contributed by atoms with Crippen molar-refractivity contribution < 1.29 is 4.42 Å². The predicted octanol–water partition coefficient (Wildman–Crippen LogP) is 2.79. The zero-order valence-electron chi connectivity index (χ0n) is 11.1. The van der Waals surface area contributed by atoms with Crippen molar-refractivity contribution in [2.24, 2.45) is 11.7 Å². The number of rotatable bonds is 4. The van der Waals surface area contributed by atoms with Crippen LogP contribution in [0.25, 0.3) is 0 Å². The molecule has 3 heteroatoms. The summed E-state index contributed by atoms with van der Waals surface area (Å²) in [5.41, 5.74) is 6.29. The summed E-state index contributed by atoms with van der Waals surface area (Å²) in [6.07, 6.45) is 3.98. The van der Waals surface area contributed by atoms with E-state index in [1.807, 2.05) is 6.07 Å². The lowest BCUT2D eigenvalue weighted by atomic mass is 10.0. The van der Waals surface area contributed by atoms with Crippen LogP contribution in [0.5, 0.6) is 0 Å². The van der Waals surface area contributed by atoms with Crippen LogP contribution in [0, 0.1) is 5.92 Å². The highest BCUT2D eigenvalue weighted by Gasteiger charge is 2.36. The van der Waals surface area contributed by atoms with Crippen LogP contribution >= 0.6 is 0 Å². The molecule has 4 atom stereocenters. The molecule has 3 nitrogen and oxygen atoms in total. The minimum atomic E-state index is 0.147. The quantitative estimate of drug-likeness (QED) is 0.874. The maximum atomic E-state index is 6.29. The lowest BCUT2D eigenvalue weighted by Crippen LogP contribution is -2.42. The zero-order valence-corrected chi connectivity index (χ0v) is 11.1. The van der Waals surface area contributed by atoms with Gasteiger partial charge >= 0.3 is 0 Å². The second-order valence-corrected chi connectivity index (χ2v) is 5.42. The minimum absolute atomic E-state index is 0.147. The van der Waals surface area contributed by atoms with Crippen molar-refractivity contribution in [3.8, 4) is 0 Å². The van der Waals surface area contributed by atoms with Gasteiger partial charge < -0.3 is 10.2 Å². The van der Waals surface area contributed by atoms with E-state index in [4.69, 9.17) is 10.2 Å². The lowest BCUT2D eigenvalue weighted by molar-refractivity contribution is 0.139. The van der Waals surface area contributed by atoms with Gasteiger partial charge in [0.1, 0.15) is 5.76 Å². The first kappa shape index (κ1) is 12.7. The van der Waals surface area contributed by atoms with Crippen LogP contribution in [0.15, 0.2) is 22.8 Å². The molecule has 2 N–H and O–H groups in total. The van der Waals surface area contributed by atoms with E-state index < -0.39 is 0 Å². The highest BCUT2D eigenvalue weighted by Crippen LogP contribution is 2.34. The molecule has 2 heterocycles. The van der Waals surface area contributed by atoms with Gasteiger partial charge in [-0.05, 0) is 37.8 Å². The van der Waals surface area contributed by atoms with E-state index >= 15 is 0 Å². The molecular weight excluding hydrogens is 212 g/mol. The number of likely N-dealkylation sites (tertiary alicyclic amines) is 1. The molecule has 0 radical (unpaired) electrons. The minimum Gasteiger partial charge on any atom is -0.468 e. The molecule has 0 spiro atoms. The van der Waals surface area contributed by atoms with Gasteiger partial charge in [-0.25, -0.2) is 0 Å². The second-order valence-electron chi connectivity index (χ2n) is 5.42. The predicted molar refractivity (Wildman–Crippen MR) is 69.7 cm³/mol. The van der Waals surface area contributed by atoms with Gasteiger partial charge in [0.15, 0.2) is 0 Å². The van der Waals surface area contributed by atoms with E-state index in [-0.39, 0.29) is 12.1 Å². The summed E-state index contributed by atoms with van der Waals surface area (Å²) in [6, 6.07) is 4.98. The molecule has 0 saturated carbocycles. The molecule has 1 aromatic rings. The van der Waals surface area contributed by atoms with E-state index in [0.717, 1.165) is 24.6 Å². The molecule has 0 aliphatic carbocycles. The monoisotopic (exact) mass is 236 g/mol. The van der Waals surface area contributed by atoms with Gasteiger partial charge in [0.2, 0.25) is 0 Å². The van der Waals surface area contributed by atoms with Crippen molar-refractivity contribution in [1.82, 2.24) is 4.90 Å². The number of hydrogen-bond donors (Lipinski definition) is 1. The highest BCUT2D eigenvalue weighted by molar-refractivity contribution is 5.09. The van der Waals surface area contributed by atoms with Crippen molar-refractivity contribution in [3.05, 3.63) is 24.2 Å². The van der Waals surface area contributed by atoms with Crippen molar-refractivity contribution in [2.45, 2.75) is 51.7 Å². The second kappa shape index (κ2) is 5.23. The first-order valence-corrected chi connectivity index (χ1v) is 6.68. The maximum Gasteiger partial charge on any atom is 0.122 e.